The summed E-state index contributed by atoms with van der Waals surface area (Å²) in [4.78, 5) is 18.1. The number of rotatable bonds is 2. The molecule has 0 aliphatic carbocycles. The van der Waals surface area contributed by atoms with Gasteiger partial charge in [0.05, 0.1) is 24.2 Å². The molecular formula is C8H11NO7P2. The first kappa shape index (κ1) is 13.5. The molecule has 1 aliphatic rings. The van der Waals surface area contributed by atoms with Crippen LogP contribution in [0.3, 0.4) is 0 Å². The van der Waals surface area contributed by atoms with E-state index in [9.17, 15) is 14.2 Å². The molecule has 0 amide bonds. The maximum Gasteiger partial charge on any atom is 0.361 e. The van der Waals surface area contributed by atoms with Crippen LogP contribution in [0.15, 0.2) is 12.1 Å². The standard InChI is InChI=1S/C8H11NO7P2/c9-6-3-5(18(14)15-1-2-16-18)4-7(8(6)10)17(11,12)13/h3-4,10H,1-2,9H2,(H2,11,12,13). The Labute approximate surface area is 102 Å². The lowest BCUT2D eigenvalue weighted by molar-refractivity contribution is 0.365. The van der Waals surface area contributed by atoms with E-state index in [2.05, 4.69) is 0 Å². The van der Waals surface area contributed by atoms with Gasteiger partial charge < -0.3 is 29.7 Å². The van der Waals surface area contributed by atoms with Crippen molar-refractivity contribution in [2.75, 3.05) is 18.9 Å². The highest BCUT2D eigenvalue weighted by Crippen LogP contribution is 2.51. The number of phenols is 1. The van der Waals surface area contributed by atoms with E-state index in [1.165, 1.54) is 0 Å². The molecule has 0 spiro atoms. The van der Waals surface area contributed by atoms with E-state index >= 15 is 0 Å². The number of aromatic hydroxyl groups is 1. The molecule has 0 radical (unpaired) electrons. The van der Waals surface area contributed by atoms with Crippen LogP contribution in [0.2, 0.25) is 0 Å². The molecule has 1 aliphatic heterocycles. The molecule has 0 aromatic heterocycles. The van der Waals surface area contributed by atoms with Gasteiger partial charge in [-0.2, -0.15) is 0 Å². The topological polar surface area (TPSA) is 139 Å². The van der Waals surface area contributed by atoms with Crippen molar-refractivity contribution in [2.45, 2.75) is 0 Å². The fraction of sp³-hybridized carbons (Fsp3) is 0.250. The van der Waals surface area contributed by atoms with Crippen LogP contribution in [-0.4, -0.2) is 28.1 Å². The smallest absolute Gasteiger partial charge is 0.361 e. The summed E-state index contributed by atoms with van der Waals surface area (Å²) in [6, 6.07) is 2.00. The van der Waals surface area contributed by atoms with E-state index in [4.69, 9.17) is 24.6 Å². The molecule has 1 aromatic carbocycles. The Morgan fingerprint density at radius 3 is 2.33 bits per heavy atom. The maximum absolute atomic E-state index is 12.1. The van der Waals surface area contributed by atoms with Gasteiger partial charge in [0.25, 0.3) is 0 Å². The van der Waals surface area contributed by atoms with E-state index in [-0.39, 0.29) is 24.2 Å². The first-order chi connectivity index (χ1) is 8.24. The molecule has 1 heterocycles. The van der Waals surface area contributed by atoms with Crippen molar-refractivity contribution in [3.63, 3.8) is 0 Å². The summed E-state index contributed by atoms with van der Waals surface area (Å²) >= 11 is 0. The molecule has 0 unspecified atom stereocenters. The van der Waals surface area contributed by atoms with Crippen LogP contribution in [0.25, 0.3) is 0 Å². The van der Waals surface area contributed by atoms with Crippen LogP contribution in [0.4, 0.5) is 5.69 Å². The zero-order chi connectivity index (χ0) is 13.6. The second-order valence-corrected chi connectivity index (χ2v) is 7.21. The Kier molecular flexibility index (Phi) is 3.27. The summed E-state index contributed by atoms with van der Waals surface area (Å²) in [5.74, 6) is -0.738. The van der Waals surface area contributed by atoms with Gasteiger partial charge in [-0.05, 0) is 12.1 Å². The molecule has 8 nitrogen and oxygen atoms in total. The van der Waals surface area contributed by atoms with Gasteiger partial charge in [-0.3, -0.25) is 9.13 Å². The van der Waals surface area contributed by atoms with Gasteiger partial charge in [0, 0.05) is 0 Å². The third kappa shape index (κ3) is 2.31. The molecular weight excluding hydrogens is 284 g/mol. The Morgan fingerprint density at radius 2 is 1.83 bits per heavy atom. The molecule has 0 saturated carbocycles. The molecule has 10 heteroatoms. The van der Waals surface area contributed by atoms with Crippen molar-refractivity contribution < 1.29 is 33.1 Å². The number of nitrogens with two attached hydrogens (primary N) is 1. The van der Waals surface area contributed by atoms with Crippen molar-refractivity contribution in [3.8, 4) is 5.75 Å². The second-order valence-electron chi connectivity index (χ2n) is 3.61. The number of phenolic OH excluding ortho intramolecular Hbond substituents is 1. The Balaban J connectivity index is 2.62. The average Bonchev–Trinajstić information content (AvgIpc) is 2.68. The predicted molar refractivity (Wildman–Crippen MR) is 63.3 cm³/mol. The minimum absolute atomic E-state index is 0.0892. The van der Waals surface area contributed by atoms with Gasteiger partial charge >= 0.3 is 15.2 Å². The van der Waals surface area contributed by atoms with Gasteiger partial charge in [0.15, 0.2) is 5.75 Å². The highest BCUT2D eigenvalue weighted by Gasteiger charge is 2.35. The first-order valence-corrected chi connectivity index (χ1v) is 7.98. The minimum atomic E-state index is -4.74. The highest BCUT2D eigenvalue weighted by atomic mass is 31.2. The van der Waals surface area contributed by atoms with E-state index in [0.29, 0.717) is 0 Å². The molecule has 0 bridgehead atoms. The van der Waals surface area contributed by atoms with E-state index in [1.54, 1.807) is 0 Å². The zero-order valence-corrected chi connectivity index (χ0v) is 10.8. The Bertz CT molecular complexity index is 571. The lowest BCUT2D eigenvalue weighted by Gasteiger charge is -2.14. The van der Waals surface area contributed by atoms with Crippen LogP contribution in [0, 0.1) is 0 Å². The molecule has 5 N–H and O–H groups in total. The number of nitrogen functional groups attached to an aromatic ring is 1. The van der Waals surface area contributed by atoms with Gasteiger partial charge in [-0.25, -0.2) is 0 Å². The summed E-state index contributed by atoms with van der Waals surface area (Å²) < 4.78 is 33.2. The SMILES string of the molecule is Nc1cc(P2(=O)OCCO2)cc(P(=O)(O)O)c1O. The lowest BCUT2D eigenvalue weighted by Crippen LogP contribution is -2.16. The molecule has 1 fully saturated rings. The zero-order valence-electron chi connectivity index (χ0n) is 9.02. The molecule has 0 atom stereocenters. The Hall–Kier alpha value is -0.880. The van der Waals surface area contributed by atoms with E-state index in [1.807, 2.05) is 0 Å². The van der Waals surface area contributed by atoms with Crippen molar-refractivity contribution in [1.29, 1.82) is 0 Å². The quantitative estimate of drug-likeness (QED) is 0.329. The van der Waals surface area contributed by atoms with Crippen molar-refractivity contribution in [2.24, 2.45) is 0 Å². The number of anilines is 1. The first-order valence-electron chi connectivity index (χ1n) is 4.82. The average molecular weight is 295 g/mol. The molecule has 1 saturated heterocycles. The third-order valence-electron chi connectivity index (χ3n) is 2.34. The lowest BCUT2D eigenvalue weighted by atomic mass is 10.3. The van der Waals surface area contributed by atoms with Crippen molar-refractivity contribution in [1.82, 2.24) is 0 Å². The summed E-state index contributed by atoms with van der Waals surface area (Å²) in [5, 5.41) is 8.70. The van der Waals surface area contributed by atoms with Gasteiger partial charge in [0.1, 0.15) is 5.30 Å². The maximum atomic E-state index is 12.1. The fourth-order valence-electron chi connectivity index (χ4n) is 1.51. The van der Waals surface area contributed by atoms with Crippen LogP contribution in [0.1, 0.15) is 0 Å². The van der Waals surface area contributed by atoms with Gasteiger partial charge in [-0.1, -0.05) is 0 Å². The van der Waals surface area contributed by atoms with Crippen LogP contribution in [-0.2, 0) is 18.2 Å². The third-order valence-corrected chi connectivity index (χ3v) is 5.24. The van der Waals surface area contributed by atoms with Crippen LogP contribution in [0.5, 0.6) is 5.75 Å². The van der Waals surface area contributed by atoms with Gasteiger partial charge in [0.2, 0.25) is 0 Å². The van der Waals surface area contributed by atoms with Crippen LogP contribution >= 0.6 is 15.2 Å². The molecule has 18 heavy (non-hydrogen) atoms. The molecule has 100 valence electrons. The number of hydrogen-bond donors (Lipinski definition) is 4. The monoisotopic (exact) mass is 295 g/mol. The summed E-state index contributed by atoms with van der Waals surface area (Å²) in [5.41, 5.74) is 5.11. The fourth-order valence-corrected chi connectivity index (χ4v) is 3.91. The second kappa shape index (κ2) is 4.35. The summed E-state index contributed by atoms with van der Waals surface area (Å²) in [7, 11) is -8.34. The summed E-state index contributed by atoms with van der Waals surface area (Å²) in [6.07, 6.45) is 0. The largest absolute Gasteiger partial charge is 0.505 e. The minimum Gasteiger partial charge on any atom is -0.505 e. The van der Waals surface area contributed by atoms with E-state index < -0.39 is 26.2 Å². The number of benzene rings is 1. The number of hydrogen-bond acceptors (Lipinski definition) is 6. The molecule has 2 rings (SSSR count). The highest BCUT2D eigenvalue weighted by molar-refractivity contribution is 7.63. The van der Waals surface area contributed by atoms with Crippen LogP contribution < -0.4 is 16.3 Å². The van der Waals surface area contributed by atoms with Gasteiger partial charge in [-0.15, -0.1) is 0 Å². The van der Waals surface area contributed by atoms with E-state index in [0.717, 1.165) is 12.1 Å². The Morgan fingerprint density at radius 1 is 1.28 bits per heavy atom. The summed E-state index contributed by atoms with van der Waals surface area (Å²) in [6.45, 7) is 0.229. The van der Waals surface area contributed by atoms with Crippen molar-refractivity contribution in [3.05, 3.63) is 12.1 Å². The van der Waals surface area contributed by atoms with Crippen molar-refractivity contribution >= 4 is 31.5 Å². The predicted octanol–water partition coefficient (Wildman–Crippen LogP) is -0.357. The normalized spacial score (nSPS) is 19.0. The molecule has 1 aromatic rings.